The average molecular weight is 327 g/mol. The van der Waals surface area contributed by atoms with Gasteiger partial charge in [0.15, 0.2) is 11.5 Å². The Kier molecular flexibility index (Phi) is 4.46. The molecular formula is C20H25NO3. The van der Waals surface area contributed by atoms with Gasteiger partial charge in [0.1, 0.15) is 0 Å². The Morgan fingerprint density at radius 1 is 1.12 bits per heavy atom. The minimum absolute atomic E-state index is 0.181. The number of fused-ring (bicyclic) bond motifs is 1. The van der Waals surface area contributed by atoms with Crippen molar-refractivity contribution in [1.82, 2.24) is 4.90 Å². The number of amides is 1. The summed E-state index contributed by atoms with van der Waals surface area (Å²) in [7, 11) is 0. The van der Waals surface area contributed by atoms with Crippen molar-refractivity contribution in [3.8, 4) is 11.5 Å². The number of benzene rings is 1. The normalized spacial score (nSPS) is 25.8. The van der Waals surface area contributed by atoms with Crippen molar-refractivity contribution in [3.05, 3.63) is 35.9 Å². The molecule has 1 saturated heterocycles. The van der Waals surface area contributed by atoms with E-state index in [9.17, 15) is 4.79 Å². The molecule has 0 spiro atoms. The molecule has 0 bridgehead atoms. The second kappa shape index (κ2) is 6.88. The summed E-state index contributed by atoms with van der Waals surface area (Å²) in [6.07, 6.45) is 10.3. The second-order valence-corrected chi connectivity index (χ2v) is 6.97. The fraction of sp³-hybridized carbons (Fsp3) is 0.550. The number of carbonyl (C=O) groups excluding carboxylic acids is 1. The molecule has 1 amide bonds. The number of hydrogen-bond donors (Lipinski definition) is 0. The second-order valence-electron chi connectivity index (χ2n) is 6.97. The molecule has 4 rings (SSSR count). The third kappa shape index (κ3) is 3.14. The standard InChI is InChI=1S/C20H25NO3/c22-20(13-15-5-1-2-6-15)21-10-3-7-17(21)16-8-9-18-19(14-16)24-12-4-11-23-18/h1,5,8-9,14-15,17H,2-4,6-7,10-13H2/t15-,17+/m1/s1. The first-order chi connectivity index (χ1) is 11.8. The van der Waals surface area contributed by atoms with Gasteiger partial charge in [-0.25, -0.2) is 0 Å². The maximum Gasteiger partial charge on any atom is 0.223 e. The van der Waals surface area contributed by atoms with Gasteiger partial charge in [0, 0.05) is 19.4 Å². The Balaban J connectivity index is 1.50. The predicted molar refractivity (Wildman–Crippen MR) is 92.2 cm³/mol. The van der Waals surface area contributed by atoms with Gasteiger partial charge in [0.25, 0.3) is 0 Å². The fourth-order valence-electron chi connectivity index (χ4n) is 4.01. The number of ether oxygens (including phenoxy) is 2. The number of likely N-dealkylation sites (tertiary alicyclic amines) is 1. The van der Waals surface area contributed by atoms with E-state index in [-0.39, 0.29) is 6.04 Å². The lowest BCUT2D eigenvalue weighted by atomic mass is 10.0. The van der Waals surface area contributed by atoms with Gasteiger partial charge in [-0.15, -0.1) is 0 Å². The molecule has 2 heterocycles. The van der Waals surface area contributed by atoms with Gasteiger partial charge in [0.05, 0.1) is 19.3 Å². The van der Waals surface area contributed by atoms with Crippen LogP contribution in [-0.4, -0.2) is 30.6 Å². The Bertz CT molecular complexity index is 640. The van der Waals surface area contributed by atoms with Crippen LogP contribution in [0.25, 0.3) is 0 Å². The van der Waals surface area contributed by atoms with Crippen LogP contribution in [0.1, 0.15) is 50.1 Å². The van der Waals surface area contributed by atoms with Gasteiger partial charge in [-0.2, -0.15) is 0 Å². The largest absolute Gasteiger partial charge is 0.490 e. The van der Waals surface area contributed by atoms with Crippen LogP contribution in [0, 0.1) is 5.92 Å². The van der Waals surface area contributed by atoms with Crippen molar-refractivity contribution in [2.24, 2.45) is 5.92 Å². The topological polar surface area (TPSA) is 38.8 Å². The molecule has 0 saturated carbocycles. The summed E-state index contributed by atoms with van der Waals surface area (Å²) in [6.45, 7) is 2.27. The molecule has 128 valence electrons. The summed E-state index contributed by atoms with van der Waals surface area (Å²) in [5.41, 5.74) is 1.17. The van der Waals surface area contributed by atoms with E-state index >= 15 is 0 Å². The van der Waals surface area contributed by atoms with Crippen molar-refractivity contribution in [2.45, 2.75) is 44.6 Å². The van der Waals surface area contributed by atoms with E-state index in [0.29, 0.717) is 31.5 Å². The summed E-state index contributed by atoms with van der Waals surface area (Å²) in [5.74, 6) is 2.37. The third-order valence-electron chi connectivity index (χ3n) is 5.28. The first kappa shape index (κ1) is 15.6. The average Bonchev–Trinajstić information content (AvgIpc) is 3.22. The first-order valence-electron chi connectivity index (χ1n) is 9.17. The van der Waals surface area contributed by atoms with Crippen LogP contribution in [0.4, 0.5) is 0 Å². The molecular weight excluding hydrogens is 302 g/mol. The van der Waals surface area contributed by atoms with Crippen molar-refractivity contribution >= 4 is 5.91 Å². The van der Waals surface area contributed by atoms with Crippen LogP contribution in [-0.2, 0) is 4.79 Å². The van der Waals surface area contributed by atoms with Gasteiger partial charge >= 0.3 is 0 Å². The van der Waals surface area contributed by atoms with E-state index in [2.05, 4.69) is 29.2 Å². The molecule has 2 atom stereocenters. The molecule has 1 aromatic rings. The molecule has 4 heteroatoms. The maximum atomic E-state index is 12.8. The van der Waals surface area contributed by atoms with Gasteiger partial charge < -0.3 is 14.4 Å². The van der Waals surface area contributed by atoms with Crippen LogP contribution in [0.3, 0.4) is 0 Å². The molecule has 1 aliphatic carbocycles. The van der Waals surface area contributed by atoms with Crippen molar-refractivity contribution in [1.29, 1.82) is 0 Å². The molecule has 1 aromatic carbocycles. The zero-order valence-corrected chi connectivity index (χ0v) is 14.1. The number of carbonyl (C=O) groups is 1. The number of rotatable bonds is 3. The number of allylic oxidation sites excluding steroid dienone is 2. The Hall–Kier alpha value is -1.97. The summed E-state index contributed by atoms with van der Waals surface area (Å²) in [5, 5.41) is 0. The molecule has 0 unspecified atom stereocenters. The van der Waals surface area contributed by atoms with Crippen LogP contribution in [0.5, 0.6) is 11.5 Å². The van der Waals surface area contributed by atoms with E-state index in [1.54, 1.807) is 0 Å². The molecule has 0 aromatic heterocycles. The van der Waals surface area contributed by atoms with E-state index in [1.807, 2.05) is 6.07 Å². The zero-order chi connectivity index (χ0) is 16.4. The molecule has 3 aliphatic rings. The van der Waals surface area contributed by atoms with E-state index in [1.165, 1.54) is 5.56 Å². The van der Waals surface area contributed by atoms with Gasteiger partial charge in [-0.05, 0) is 49.3 Å². The minimum Gasteiger partial charge on any atom is -0.490 e. The minimum atomic E-state index is 0.181. The molecule has 1 fully saturated rings. The van der Waals surface area contributed by atoms with Gasteiger partial charge in [-0.1, -0.05) is 18.2 Å². The highest BCUT2D eigenvalue weighted by atomic mass is 16.5. The van der Waals surface area contributed by atoms with Crippen LogP contribution >= 0.6 is 0 Å². The lowest BCUT2D eigenvalue weighted by molar-refractivity contribution is -0.132. The number of nitrogens with zero attached hydrogens (tertiary/aromatic N) is 1. The van der Waals surface area contributed by atoms with Crippen molar-refractivity contribution in [3.63, 3.8) is 0 Å². The highest BCUT2D eigenvalue weighted by Crippen LogP contribution is 2.38. The molecule has 4 nitrogen and oxygen atoms in total. The van der Waals surface area contributed by atoms with Gasteiger partial charge in [0.2, 0.25) is 5.91 Å². The Morgan fingerprint density at radius 3 is 2.83 bits per heavy atom. The maximum absolute atomic E-state index is 12.8. The molecule has 2 aliphatic heterocycles. The predicted octanol–water partition coefficient (Wildman–Crippen LogP) is 3.87. The van der Waals surface area contributed by atoms with E-state index in [4.69, 9.17) is 9.47 Å². The third-order valence-corrected chi connectivity index (χ3v) is 5.28. The number of hydrogen-bond acceptors (Lipinski definition) is 3. The quantitative estimate of drug-likeness (QED) is 0.791. The highest BCUT2D eigenvalue weighted by Gasteiger charge is 2.31. The first-order valence-corrected chi connectivity index (χ1v) is 9.17. The fourth-order valence-corrected chi connectivity index (χ4v) is 4.01. The smallest absolute Gasteiger partial charge is 0.223 e. The van der Waals surface area contributed by atoms with Crippen LogP contribution in [0.2, 0.25) is 0 Å². The van der Waals surface area contributed by atoms with Crippen molar-refractivity contribution in [2.75, 3.05) is 19.8 Å². The van der Waals surface area contributed by atoms with Gasteiger partial charge in [-0.3, -0.25) is 4.79 Å². The molecule has 0 radical (unpaired) electrons. The summed E-state index contributed by atoms with van der Waals surface area (Å²) in [4.78, 5) is 14.8. The Labute approximate surface area is 143 Å². The summed E-state index contributed by atoms with van der Waals surface area (Å²) < 4.78 is 11.5. The van der Waals surface area contributed by atoms with Crippen LogP contribution < -0.4 is 9.47 Å². The van der Waals surface area contributed by atoms with E-state index in [0.717, 1.165) is 50.1 Å². The molecule has 0 N–H and O–H groups in total. The molecule has 24 heavy (non-hydrogen) atoms. The SMILES string of the molecule is O=C(C[C@@H]1C=CCC1)N1CCC[C@H]1c1ccc2c(c1)OCCCO2. The lowest BCUT2D eigenvalue weighted by Crippen LogP contribution is -2.31. The highest BCUT2D eigenvalue weighted by molar-refractivity contribution is 5.77. The monoisotopic (exact) mass is 327 g/mol. The summed E-state index contributed by atoms with van der Waals surface area (Å²) >= 11 is 0. The zero-order valence-electron chi connectivity index (χ0n) is 14.1. The van der Waals surface area contributed by atoms with E-state index < -0.39 is 0 Å². The Morgan fingerprint density at radius 2 is 2.00 bits per heavy atom. The van der Waals surface area contributed by atoms with Crippen LogP contribution in [0.15, 0.2) is 30.4 Å². The van der Waals surface area contributed by atoms with Crippen molar-refractivity contribution < 1.29 is 14.3 Å². The lowest BCUT2D eigenvalue weighted by Gasteiger charge is -2.26. The summed E-state index contributed by atoms with van der Waals surface area (Å²) in [6, 6.07) is 6.35.